The zero-order valence-corrected chi connectivity index (χ0v) is 10.6. The van der Waals surface area contributed by atoms with Crippen molar-refractivity contribution in [1.29, 1.82) is 0 Å². The SMILES string of the molecule is CCCN(CC)c1nccc(C(=O)OC)c1N. The Labute approximate surface area is 102 Å². The van der Waals surface area contributed by atoms with Gasteiger partial charge in [-0.2, -0.15) is 0 Å². The smallest absolute Gasteiger partial charge is 0.340 e. The summed E-state index contributed by atoms with van der Waals surface area (Å²) in [6.45, 7) is 5.78. The normalized spacial score (nSPS) is 10.1. The lowest BCUT2D eigenvalue weighted by Gasteiger charge is -2.23. The summed E-state index contributed by atoms with van der Waals surface area (Å²) < 4.78 is 4.68. The van der Waals surface area contributed by atoms with Gasteiger partial charge < -0.3 is 15.4 Å². The number of aromatic nitrogens is 1. The number of esters is 1. The van der Waals surface area contributed by atoms with Crippen LogP contribution in [0.15, 0.2) is 12.3 Å². The first-order valence-electron chi connectivity index (χ1n) is 5.73. The average Bonchev–Trinajstić information content (AvgIpc) is 2.36. The number of hydrogen-bond donors (Lipinski definition) is 1. The highest BCUT2D eigenvalue weighted by Crippen LogP contribution is 2.24. The topological polar surface area (TPSA) is 68.5 Å². The number of nitrogens with two attached hydrogens (primary N) is 1. The lowest BCUT2D eigenvalue weighted by Crippen LogP contribution is -2.26. The molecule has 5 heteroatoms. The molecule has 0 atom stereocenters. The van der Waals surface area contributed by atoms with Crippen molar-refractivity contribution in [3.8, 4) is 0 Å². The number of pyridine rings is 1. The average molecular weight is 237 g/mol. The second-order valence-corrected chi connectivity index (χ2v) is 3.67. The summed E-state index contributed by atoms with van der Waals surface area (Å²) in [6.07, 6.45) is 2.58. The van der Waals surface area contributed by atoms with Gasteiger partial charge in [0, 0.05) is 19.3 Å². The van der Waals surface area contributed by atoms with Crippen LogP contribution in [0, 0.1) is 0 Å². The molecule has 0 aromatic carbocycles. The fourth-order valence-electron chi connectivity index (χ4n) is 1.69. The van der Waals surface area contributed by atoms with Crippen molar-refractivity contribution in [3.05, 3.63) is 17.8 Å². The lowest BCUT2D eigenvalue weighted by atomic mass is 10.2. The largest absolute Gasteiger partial charge is 0.465 e. The number of carbonyl (C=O) groups excluding carboxylic acids is 1. The molecule has 1 heterocycles. The standard InChI is InChI=1S/C12H19N3O2/c1-4-8-15(5-2)11-10(13)9(6-7-14-11)12(16)17-3/h6-7H,4-5,8,13H2,1-3H3. The summed E-state index contributed by atoms with van der Waals surface area (Å²) in [4.78, 5) is 17.8. The van der Waals surface area contributed by atoms with Crippen LogP contribution < -0.4 is 10.6 Å². The number of anilines is 2. The van der Waals surface area contributed by atoms with E-state index < -0.39 is 5.97 Å². The first kappa shape index (κ1) is 13.3. The van der Waals surface area contributed by atoms with Crippen molar-refractivity contribution in [2.24, 2.45) is 0 Å². The Kier molecular flexibility index (Phi) is 4.75. The first-order chi connectivity index (χ1) is 8.15. The van der Waals surface area contributed by atoms with Gasteiger partial charge in [-0.15, -0.1) is 0 Å². The fraction of sp³-hybridized carbons (Fsp3) is 0.500. The Morgan fingerprint density at radius 2 is 2.24 bits per heavy atom. The van der Waals surface area contributed by atoms with Crippen LogP contribution in [0.1, 0.15) is 30.6 Å². The van der Waals surface area contributed by atoms with Crippen LogP contribution in [0.25, 0.3) is 0 Å². The van der Waals surface area contributed by atoms with E-state index in [1.807, 2.05) is 11.8 Å². The molecule has 94 valence electrons. The van der Waals surface area contributed by atoms with Crippen LogP contribution in [0.4, 0.5) is 11.5 Å². The highest BCUT2D eigenvalue weighted by Gasteiger charge is 2.16. The van der Waals surface area contributed by atoms with Crippen LogP contribution in [0.3, 0.4) is 0 Å². The van der Waals surface area contributed by atoms with Crippen LogP contribution in [0.2, 0.25) is 0 Å². The van der Waals surface area contributed by atoms with Crippen LogP contribution in [-0.2, 0) is 4.74 Å². The van der Waals surface area contributed by atoms with Gasteiger partial charge in [-0.05, 0) is 19.4 Å². The van der Waals surface area contributed by atoms with Crippen molar-refractivity contribution in [2.75, 3.05) is 30.8 Å². The highest BCUT2D eigenvalue weighted by atomic mass is 16.5. The molecule has 0 aliphatic heterocycles. The van der Waals surface area contributed by atoms with Gasteiger partial charge >= 0.3 is 5.97 Å². The van der Waals surface area contributed by atoms with Crippen LogP contribution in [-0.4, -0.2) is 31.2 Å². The maximum Gasteiger partial charge on any atom is 0.340 e. The highest BCUT2D eigenvalue weighted by molar-refractivity contribution is 5.97. The van der Waals surface area contributed by atoms with Gasteiger partial charge in [-0.3, -0.25) is 0 Å². The summed E-state index contributed by atoms with van der Waals surface area (Å²) in [7, 11) is 1.34. The molecule has 17 heavy (non-hydrogen) atoms. The molecule has 0 saturated carbocycles. The number of nitrogens with zero attached hydrogens (tertiary/aromatic N) is 2. The lowest BCUT2D eigenvalue weighted by molar-refractivity contribution is 0.0602. The van der Waals surface area contributed by atoms with Gasteiger partial charge in [0.1, 0.15) is 0 Å². The molecule has 0 saturated heterocycles. The molecule has 1 aromatic rings. The second-order valence-electron chi connectivity index (χ2n) is 3.67. The quantitative estimate of drug-likeness (QED) is 0.789. The molecule has 0 radical (unpaired) electrons. The van der Waals surface area contributed by atoms with Gasteiger partial charge in [0.15, 0.2) is 5.82 Å². The second kappa shape index (κ2) is 6.08. The minimum absolute atomic E-state index is 0.368. The van der Waals surface area contributed by atoms with Gasteiger partial charge in [0.05, 0.1) is 18.4 Å². The summed E-state index contributed by atoms with van der Waals surface area (Å²) >= 11 is 0. The molecule has 1 aromatic heterocycles. The zero-order valence-electron chi connectivity index (χ0n) is 10.6. The number of rotatable bonds is 5. The number of ether oxygens (including phenoxy) is 1. The number of hydrogen-bond acceptors (Lipinski definition) is 5. The maximum absolute atomic E-state index is 11.5. The molecule has 0 bridgehead atoms. The van der Waals surface area contributed by atoms with Gasteiger partial charge in [-0.1, -0.05) is 6.92 Å². The molecule has 0 aliphatic rings. The Morgan fingerprint density at radius 1 is 1.53 bits per heavy atom. The molecular weight excluding hydrogens is 218 g/mol. The van der Waals surface area contributed by atoms with Gasteiger partial charge in [0.2, 0.25) is 0 Å². The molecule has 0 unspecified atom stereocenters. The van der Waals surface area contributed by atoms with E-state index in [-0.39, 0.29) is 0 Å². The van der Waals surface area contributed by atoms with Crippen LogP contribution in [0.5, 0.6) is 0 Å². The third-order valence-electron chi connectivity index (χ3n) is 2.55. The van der Waals surface area contributed by atoms with E-state index in [9.17, 15) is 4.79 Å². The molecule has 0 aliphatic carbocycles. The summed E-state index contributed by atoms with van der Waals surface area (Å²) in [5.41, 5.74) is 6.71. The van der Waals surface area contributed by atoms with E-state index >= 15 is 0 Å². The van der Waals surface area contributed by atoms with Crippen molar-refractivity contribution >= 4 is 17.5 Å². The van der Waals surface area contributed by atoms with Crippen molar-refractivity contribution in [1.82, 2.24) is 4.98 Å². The first-order valence-corrected chi connectivity index (χ1v) is 5.73. The van der Waals surface area contributed by atoms with E-state index in [4.69, 9.17) is 5.73 Å². The number of nitrogen functional groups attached to an aromatic ring is 1. The van der Waals surface area contributed by atoms with Gasteiger partial charge in [0.25, 0.3) is 0 Å². The zero-order chi connectivity index (χ0) is 12.8. The Hall–Kier alpha value is -1.78. The molecule has 0 fully saturated rings. The fourth-order valence-corrected chi connectivity index (χ4v) is 1.69. The summed E-state index contributed by atoms with van der Waals surface area (Å²) in [5, 5.41) is 0. The predicted octanol–water partition coefficient (Wildman–Crippen LogP) is 1.69. The van der Waals surface area contributed by atoms with Crippen molar-refractivity contribution < 1.29 is 9.53 Å². The Balaban J connectivity index is 3.12. The maximum atomic E-state index is 11.5. The molecular formula is C12H19N3O2. The van der Waals surface area contributed by atoms with E-state index in [1.54, 1.807) is 12.3 Å². The summed E-state index contributed by atoms with van der Waals surface area (Å²) in [5.74, 6) is 0.218. The predicted molar refractivity (Wildman–Crippen MR) is 68.2 cm³/mol. The van der Waals surface area contributed by atoms with E-state index in [0.29, 0.717) is 17.1 Å². The van der Waals surface area contributed by atoms with Crippen LogP contribution >= 0.6 is 0 Å². The minimum Gasteiger partial charge on any atom is -0.465 e. The number of methoxy groups -OCH3 is 1. The van der Waals surface area contributed by atoms with E-state index in [2.05, 4.69) is 16.6 Å². The monoisotopic (exact) mass is 237 g/mol. The molecule has 0 amide bonds. The molecule has 1 rings (SSSR count). The molecule has 0 spiro atoms. The Bertz CT molecular complexity index is 393. The third kappa shape index (κ3) is 2.87. The number of carbonyl (C=O) groups is 1. The van der Waals surface area contributed by atoms with E-state index in [1.165, 1.54) is 7.11 Å². The van der Waals surface area contributed by atoms with Crippen molar-refractivity contribution in [3.63, 3.8) is 0 Å². The molecule has 5 nitrogen and oxygen atoms in total. The van der Waals surface area contributed by atoms with Gasteiger partial charge in [-0.25, -0.2) is 9.78 Å². The Morgan fingerprint density at radius 3 is 2.76 bits per heavy atom. The van der Waals surface area contributed by atoms with E-state index in [0.717, 1.165) is 19.5 Å². The minimum atomic E-state index is -0.432. The van der Waals surface area contributed by atoms with Crippen molar-refractivity contribution in [2.45, 2.75) is 20.3 Å². The third-order valence-corrected chi connectivity index (χ3v) is 2.55. The molecule has 2 N–H and O–H groups in total. The summed E-state index contributed by atoms with van der Waals surface area (Å²) in [6, 6.07) is 1.57.